The highest BCUT2D eigenvalue weighted by atomic mass is 32.2. The fraction of sp³-hybridized carbons (Fsp3) is 0.650. The second kappa shape index (κ2) is 8.79. The van der Waals surface area contributed by atoms with Crippen LogP contribution in [-0.4, -0.2) is 66.3 Å². The molecule has 0 amide bonds. The van der Waals surface area contributed by atoms with E-state index in [2.05, 4.69) is 26.7 Å². The van der Waals surface area contributed by atoms with E-state index >= 15 is 0 Å². The van der Waals surface area contributed by atoms with Crippen LogP contribution in [-0.2, 0) is 21.2 Å². The number of aryl methyl sites for hydroxylation is 1. The molecule has 0 aromatic carbocycles. The predicted molar refractivity (Wildman–Crippen MR) is 114 cm³/mol. The van der Waals surface area contributed by atoms with Gasteiger partial charge in [-0.05, 0) is 45.1 Å². The molecule has 2 aromatic rings. The molecule has 4 heterocycles. The minimum absolute atomic E-state index is 0.0544. The molecule has 2 aromatic heterocycles. The minimum atomic E-state index is -3.34. The second-order valence-corrected chi connectivity index (χ2v) is 10.2. The Kier molecular flexibility index (Phi) is 6.27. The highest BCUT2D eigenvalue weighted by Gasteiger charge is 2.34. The first kappa shape index (κ1) is 22.1. The van der Waals surface area contributed by atoms with Crippen LogP contribution in [0.3, 0.4) is 0 Å². The van der Waals surface area contributed by atoms with Gasteiger partial charge in [-0.15, -0.1) is 0 Å². The molecule has 170 valence electrons. The lowest BCUT2D eigenvalue weighted by Crippen LogP contribution is -2.47. The van der Waals surface area contributed by atoms with Crippen molar-refractivity contribution in [2.75, 3.05) is 30.9 Å². The second-order valence-electron chi connectivity index (χ2n) is 8.43. The van der Waals surface area contributed by atoms with Crippen LogP contribution in [0.4, 0.5) is 10.3 Å². The van der Waals surface area contributed by atoms with Crippen LogP contribution in [0.5, 0.6) is 0 Å². The molecule has 0 aliphatic carbocycles. The first-order chi connectivity index (χ1) is 14.7. The van der Waals surface area contributed by atoms with Gasteiger partial charge in [0.2, 0.25) is 16.0 Å². The number of piperidine rings is 1. The van der Waals surface area contributed by atoms with E-state index in [4.69, 9.17) is 4.74 Å². The summed E-state index contributed by atoms with van der Waals surface area (Å²) in [6.07, 6.45) is 6.68. The van der Waals surface area contributed by atoms with Gasteiger partial charge < -0.3 is 9.64 Å². The Morgan fingerprint density at radius 1 is 1.19 bits per heavy atom. The van der Waals surface area contributed by atoms with Crippen molar-refractivity contribution >= 4 is 16.0 Å². The Balaban J connectivity index is 1.41. The van der Waals surface area contributed by atoms with E-state index in [0.29, 0.717) is 19.0 Å². The van der Waals surface area contributed by atoms with Crippen LogP contribution in [0.2, 0.25) is 0 Å². The zero-order valence-corrected chi connectivity index (χ0v) is 18.9. The molecule has 0 spiro atoms. The summed E-state index contributed by atoms with van der Waals surface area (Å²) in [5.74, 6) is 0.0758. The van der Waals surface area contributed by atoms with Crippen molar-refractivity contribution in [1.82, 2.24) is 24.5 Å². The van der Waals surface area contributed by atoms with Crippen molar-refractivity contribution in [3.05, 3.63) is 35.2 Å². The van der Waals surface area contributed by atoms with Gasteiger partial charge in [0.25, 0.3) is 0 Å². The maximum absolute atomic E-state index is 13.0. The Morgan fingerprint density at radius 2 is 1.87 bits per heavy atom. The Bertz CT molecular complexity index is 1020. The normalized spacial score (nSPS) is 22.5. The summed E-state index contributed by atoms with van der Waals surface area (Å²) >= 11 is 0. The van der Waals surface area contributed by atoms with Crippen LogP contribution >= 0.6 is 0 Å². The van der Waals surface area contributed by atoms with Crippen molar-refractivity contribution in [1.29, 1.82) is 0 Å². The molecule has 0 bridgehead atoms. The van der Waals surface area contributed by atoms with Crippen LogP contribution in [0.25, 0.3) is 0 Å². The Labute approximate surface area is 182 Å². The van der Waals surface area contributed by atoms with Gasteiger partial charge in [0, 0.05) is 24.8 Å². The number of rotatable bonds is 6. The quantitative estimate of drug-likeness (QED) is 0.709. The van der Waals surface area contributed by atoms with E-state index in [-0.39, 0.29) is 18.2 Å². The van der Waals surface area contributed by atoms with Gasteiger partial charge in [-0.25, -0.2) is 27.5 Å². The third kappa shape index (κ3) is 5.04. The smallest absolute Gasteiger partial charge is 0.225 e. The molecule has 0 saturated carbocycles. The van der Waals surface area contributed by atoms with Gasteiger partial charge in [0.05, 0.1) is 43.1 Å². The number of halogens is 1. The summed E-state index contributed by atoms with van der Waals surface area (Å²) in [5, 5.41) is 4.68. The molecule has 4 rings (SSSR count). The van der Waals surface area contributed by atoms with Crippen molar-refractivity contribution < 1.29 is 17.5 Å². The molecular formula is C20H29FN6O3S. The van der Waals surface area contributed by atoms with E-state index < -0.39 is 15.8 Å². The lowest BCUT2D eigenvalue weighted by molar-refractivity contribution is 0.00598. The molecule has 31 heavy (non-hydrogen) atoms. The number of nitrogens with zero attached hydrogens (tertiary/aromatic N) is 5. The van der Waals surface area contributed by atoms with Gasteiger partial charge in [0.1, 0.15) is 0 Å². The number of hydrogen-bond donors (Lipinski definition) is 1. The summed E-state index contributed by atoms with van der Waals surface area (Å²) < 4.78 is 47.8. The summed E-state index contributed by atoms with van der Waals surface area (Å²) in [6, 6.07) is -0.446. The number of fused-ring (bicyclic) bond motifs is 1. The Hall–Kier alpha value is -2.11. The number of sulfonamides is 1. The standard InChI is InChI=1S/C20H29FN6O3S/c1-13-14(2)24-27-18(13)5-4-17(25-31(3,28)29)19(27)12-30-16-6-8-26(9-7-16)20-22-10-15(21)11-23-20/h10-11,16-17,19,25H,4-9,12H2,1-3H3/t17-,19-/m0/s1. The molecule has 2 atom stereocenters. The molecule has 2 aliphatic rings. The fourth-order valence-corrected chi connectivity index (χ4v) is 5.26. The van der Waals surface area contributed by atoms with E-state index in [9.17, 15) is 12.8 Å². The van der Waals surface area contributed by atoms with Gasteiger partial charge in [0.15, 0.2) is 5.82 Å². The molecule has 1 saturated heterocycles. The highest BCUT2D eigenvalue weighted by molar-refractivity contribution is 7.88. The van der Waals surface area contributed by atoms with Crippen molar-refractivity contribution in [3.8, 4) is 0 Å². The van der Waals surface area contributed by atoms with Crippen molar-refractivity contribution in [3.63, 3.8) is 0 Å². The first-order valence-electron chi connectivity index (χ1n) is 10.6. The SMILES string of the molecule is Cc1nn2c(c1C)CC[C@H](NS(C)(=O)=O)[C@@H]2COC1CCN(c2ncc(F)cn2)CC1. The van der Waals surface area contributed by atoms with Crippen LogP contribution in [0.1, 0.15) is 42.3 Å². The maximum atomic E-state index is 13.0. The van der Waals surface area contributed by atoms with Crippen molar-refractivity contribution in [2.24, 2.45) is 0 Å². The first-order valence-corrected chi connectivity index (χ1v) is 12.5. The molecule has 2 aliphatic heterocycles. The van der Waals surface area contributed by atoms with Crippen LogP contribution in [0.15, 0.2) is 12.4 Å². The number of nitrogens with one attached hydrogen (secondary N) is 1. The summed E-state index contributed by atoms with van der Waals surface area (Å²) in [6.45, 7) is 5.86. The third-order valence-corrected chi connectivity index (χ3v) is 6.91. The van der Waals surface area contributed by atoms with Gasteiger partial charge in [-0.1, -0.05) is 0 Å². The number of anilines is 1. The third-order valence-electron chi connectivity index (χ3n) is 6.18. The summed E-state index contributed by atoms with van der Waals surface area (Å²) in [4.78, 5) is 10.1. The molecule has 0 radical (unpaired) electrons. The molecule has 11 heteroatoms. The zero-order chi connectivity index (χ0) is 22.2. The largest absolute Gasteiger partial charge is 0.376 e. The topological polar surface area (TPSA) is 102 Å². The van der Waals surface area contributed by atoms with Crippen LogP contribution in [0, 0.1) is 19.7 Å². The van der Waals surface area contributed by atoms with E-state index in [0.717, 1.165) is 49.3 Å². The van der Waals surface area contributed by atoms with Gasteiger partial charge in [-0.2, -0.15) is 5.10 Å². The average Bonchev–Trinajstić information content (AvgIpc) is 3.01. The van der Waals surface area contributed by atoms with E-state index in [1.54, 1.807) is 0 Å². The summed E-state index contributed by atoms with van der Waals surface area (Å²) in [7, 11) is -3.34. The average molecular weight is 453 g/mol. The summed E-state index contributed by atoms with van der Waals surface area (Å²) in [5.41, 5.74) is 3.28. The molecule has 9 nitrogen and oxygen atoms in total. The number of aromatic nitrogens is 4. The van der Waals surface area contributed by atoms with Crippen LogP contribution < -0.4 is 9.62 Å². The maximum Gasteiger partial charge on any atom is 0.225 e. The lowest BCUT2D eigenvalue weighted by Gasteiger charge is -2.36. The van der Waals surface area contributed by atoms with E-state index in [1.807, 2.05) is 16.5 Å². The number of ether oxygens (including phenoxy) is 1. The molecular weight excluding hydrogens is 423 g/mol. The lowest BCUT2D eigenvalue weighted by atomic mass is 9.96. The molecule has 1 N–H and O–H groups in total. The highest BCUT2D eigenvalue weighted by Crippen LogP contribution is 2.30. The number of hydrogen-bond acceptors (Lipinski definition) is 7. The molecule has 0 unspecified atom stereocenters. The van der Waals surface area contributed by atoms with Gasteiger partial charge >= 0.3 is 0 Å². The van der Waals surface area contributed by atoms with Crippen molar-refractivity contribution in [2.45, 2.75) is 57.7 Å². The zero-order valence-electron chi connectivity index (χ0n) is 18.1. The monoisotopic (exact) mass is 452 g/mol. The van der Waals surface area contributed by atoms with E-state index in [1.165, 1.54) is 18.6 Å². The fourth-order valence-electron chi connectivity index (χ4n) is 4.43. The molecule has 1 fully saturated rings. The minimum Gasteiger partial charge on any atom is -0.376 e. The predicted octanol–water partition coefficient (Wildman–Crippen LogP) is 1.52. The van der Waals surface area contributed by atoms with Gasteiger partial charge in [-0.3, -0.25) is 4.68 Å². The Morgan fingerprint density at radius 3 is 2.52 bits per heavy atom.